The van der Waals surface area contributed by atoms with Crippen molar-refractivity contribution in [2.75, 3.05) is 9.80 Å². The first-order chi connectivity index (χ1) is 20.7. The Morgan fingerprint density at radius 1 is 0.907 bits per heavy atom. The van der Waals surface area contributed by atoms with E-state index >= 15 is 0 Å². The number of furan rings is 1. The van der Waals surface area contributed by atoms with Gasteiger partial charge in [-0.15, -0.1) is 0 Å². The smallest absolute Gasteiger partial charge is 0.335 e. The zero-order valence-electron chi connectivity index (χ0n) is 23.2. The SMILES string of the molecule is C[C@@]12C(=O)N(c3ccccc3)C(=O)[C@@H]1C[C@@H]1C(=CC[C@@H]3C(=O)N(c4cccc(C(=O)O)c4)C(=O)[C@@H]31)[C@@H]2c1ccc(CO)o1. The minimum Gasteiger partial charge on any atom is -0.478 e. The summed E-state index contributed by atoms with van der Waals surface area (Å²) < 4.78 is 6.01. The van der Waals surface area contributed by atoms with Gasteiger partial charge in [-0.25, -0.2) is 9.69 Å². The van der Waals surface area contributed by atoms with Crippen molar-refractivity contribution in [2.45, 2.75) is 32.3 Å². The molecule has 3 aromatic rings. The standard InChI is InChI=1S/C33H28N2O8/c1-33-24(29(38)35(32(33)42)18-7-3-2-4-8-18)15-23-21(27(33)25-13-10-20(16-36)43-25)11-12-22-26(23)30(39)34(28(22)37)19-9-5-6-17(14-19)31(40)41/h2-11,13-14,22-24,26-27,36H,12,15-16H2,1H3,(H,40,41)/t22-,23+,24-,26-,27+,33+/m0/s1. The molecule has 3 heterocycles. The predicted molar refractivity (Wildman–Crippen MR) is 152 cm³/mol. The van der Waals surface area contributed by atoms with Gasteiger partial charge in [0.2, 0.25) is 23.6 Å². The van der Waals surface area contributed by atoms with Crippen LogP contribution in [-0.2, 0) is 25.8 Å². The molecule has 2 aliphatic heterocycles. The molecule has 2 aliphatic carbocycles. The van der Waals surface area contributed by atoms with E-state index in [1.54, 1.807) is 49.4 Å². The molecule has 1 saturated carbocycles. The average Bonchev–Trinajstić information content (AvgIpc) is 3.64. The van der Waals surface area contributed by atoms with Gasteiger partial charge < -0.3 is 14.6 Å². The molecule has 6 atom stereocenters. The minimum atomic E-state index is -1.24. The second-order valence-electron chi connectivity index (χ2n) is 11.8. The summed E-state index contributed by atoms with van der Waals surface area (Å²) in [6.45, 7) is 1.42. The van der Waals surface area contributed by atoms with Gasteiger partial charge in [0.25, 0.3) is 0 Å². The fourth-order valence-electron chi connectivity index (χ4n) is 7.81. The van der Waals surface area contributed by atoms with E-state index in [0.29, 0.717) is 17.2 Å². The van der Waals surface area contributed by atoms with Crippen LogP contribution in [0.4, 0.5) is 11.4 Å². The molecule has 10 nitrogen and oxygen atoms in total. The molecule has 2 saturated heterocycles. The zero-order chi connectivity index (χ0) is 30.2. The number of aliphatic hydroxyl groups is 1. The van der Waals surface area contributed by atoms with Gasteiger partial charge in [0.05, 0.1) is 46.0 Å². The van der Waals surface area contributed by atoms with Crippen LogP contribution in [0, 0.1) is 29.1 Å². The highest BCUT2D eigenvalue weighted by Gasteiger charge is 2.68. The lowest BCUT2D eigenvalue weighted by Gasteiger charge is -2.48. The fraction of sp³-hybridized carbons (Fsp3) is 0.303. The Morgan fingerprint density at radius 3 is 2.35 bits per heavy atom. The number of benzene rings is 2. The maximum Gasteiger partial charge on any atom is 0.335 e. The highest BCUT2D eigenvalue weighted by Crippen LogP contribution is 2.63. The molecule has 2 N–H and O–H groups in total. The predicted octanol–water partition coefficient (Wildman–Crippen LogP) is 3.91. The van der Waals surface area contributed by atoms with Crippen LogP contribution in [0.15, 0.2) is 82.8 Å². The number of aromatic carboxylic acids is 1. The second kappa shape index (κ2) is 9.60. The summed E-state index contributed by atoms with van der Waals surface area (Å²) in [7, 11) is 0. The van der Waals surface area contributed by atoms with Crippen molar-refractivity contribution in [2.24, 2.45) is 29.1 Å². The Kier molecular flexibility index (Phi) is 6.04. The largest absolute Gasteiger partial charge is 0.478 e. The summed E-state index contributed by atoms with van der Waals surface area (Å²) >= 11 is 0. The maximum atomic E-state index is 14.3. The van der Waals surface area contributed by atoms with Gasteiger partial charge in [-0.2, -0.15) is 0 Å². The fourth-order valence-corrected chi connectivity index (χ4v) is 7.81. The Bertz CT molecular complexity index is 1740. The summed E-state index contributed by atoms with van der Waals surface area (Å²) in [6, 6.07) is 17.7. The van der Waals surface area contributed by atoms with Crippen molar-refractivity contribution < 1.29 is 38.6 Å². The van der Waals surface area contributed by atoms with Crippen LogP contribution >= 0.6 is 0 Å². The van der Waals surface area contributed by atoms with E-state index in [2.05, 4.69) is 0 Å². The van der Waals surface area contributed by atoms with Crippen LogP contribution in [0.5, 0.6) is 0 Å². The number of amides is 4. The number of hydrogen-bond donors (Lipinski definition) is 2. The Hall–Kier alpha value is -4.83. The van der Waals surface area contributed by atoms with Crippen molar-refractivity contribution in [1.82, 2.24) is 0 Å². The molecule has 3 fully saturated rings. The number of allylic oxidation sites excluding steroid dienone is 2. The van der Waals surface area contributed by atoms with Crippen LogP contribution in [-0.4, -0.2) is 39.8 Å². The second-order valence-corrected chi connectivity index (χ2v) is 11.8. The normalized spacial score (nSPS) is 29.8. The number of imide groups is 2. The van der Waals surface area contributed by atoms with Crippen molar-refractivity contribution >= 4 is 41.0 Å². The molecule has 4 amide bonds. The van der Waals surface area contributed by atoms with Crippen molar-refractivity contribution in [3.8, 4) is 0 Å². The molecule has 2 aromatic carbocycles. The minimum absolute atomic E-state index is 0.0474. The van der Waals surface area contributed by atoms with Crippen molar-refractivity contribution in [3.63, 3.8) is 0 Å². The number of carboxylic acids is 1. The van der Waals surface area contributed by atoms with Crippen molar-refractivity contribution in [3.05, 3.63) is 95.5 Å². The van der Waals surface area contributed by atoms with Gasteiger partial charge in [0.15, 0.2) is 0 Å². The number of nitrogens with zero attached hydrogens (tertiary/aromatic N) is 2. The highest BCUT2D eigenvalue weighted by atomic mass is 16.4. The number of anilines is 2. The Morgan fingerprint density at radius 2 is 1.65 bits per heavy atom. The molecular formula is C33H28N2O8. The number of aliphatic hydroxyl groups excluding tert-OH is 1. The number of para-hydroxylation sites is 1. The first-order valence-corrected chi connectivity index (χ1v) is 14.2. The number of carbonyl (C=O) groups excluding carboxylic acids is 4. The summed E-state index contributed by atoms with van der Waals surface area (Å²) in [5.74, 6) is -5.63. The first-order valence-electron chi connectivity index (χ1n) is 14.2. The van der Waals surface area contributed by atoms with Gasteiger partial charge in [-0.05, 0) is 68.1 Å². The quantitative estimate of drug-likeness (QED) is 0.341. The topological polar surface area (TPSA) is 145 Å². The summed E-state index contributed by atoms with van der Waals surface area (Å²) in [5, 5.41) is 19.2. The van der Waals surface area contributed by atoms with E-state index in [1.165, 1.54) is 29.2 Å². The van der Waals surface area contributed by atoms with E-state index in [9.17, 15) is 34.2 Å². The third kappa shape index (κ3) is 3.72. The van der Waals surface area contributed by atoms with Gasteiger partial charge >= 0.3 is 5.97 Å². The van der Waals surface area contributed by atoms with E-state index < -0.39 is 52.8 Å². The van der Waals surface area contributed by atoms with Gasteiger partial charge in [-0.1, -0.05) is 35.9 Å². The van der Waals surface area contributed by atoms with Crippen LogP contribution in [0.25, 0.3) is 0 Å². The van der Waals surface area contributed by atoms with Crippen molar-refractivity contribution in [1.29, 1.82) is 0 Å². The third-order valence-electron chi connectivity index (χ3n) is 9.76. The Balaban J connectivity index is 1.34. The van der Waals surface area contributed by atoms with Gasteiger partial charge in [-0.3, -0.25) is 24.1 Å². The third-order valence-corrected chi connectivity index (χ3v) is 9.76. The first kappa shape index (κ1) is 27.0. The molecule has 0 bridgehead atoms. The number of fused-ring (bicyclic) bond motifs is 4. The molecule has 7 rings (SSSR count). The molecule has 1 aromatic heterocycles. The molecular weight excluding hydrogens is 552 g/mol. The molecule has 0 spiro atoms. The summed E-state index contributed by atoms with van der Waals surface area (Å²) in [4.78, 5) is 70.1. The highest BCUT2D eigenvalue weighted by molar-refractivity contribution is 6.25. The molecule has 10 heteroatoms. The summed E-state index contributed by atoms with van der Waals surface area (Å²) in [5.41, 5.74) is 0.109. The molecule has 0 radical (unpaired) electrons. The molecule has 0 unspecified atom stereocenters. The lowest BCUT2D eigenvalue weighted by atomic mass is 9.52. The molecule has 43 heavy (non-hydrogen) atoms. The lowest BCUT2D eigenvalue weighted by molar-refractivity contribution is -0.131. The van der Waals surface area contributed by atoms with Crippen LogP contribution in [0.2, 0.25) is 0 Å². The summed E-state index contributed by atoms with van der Waals surface area (Å²) in [6.07, 6.45) is 2.33. The van der Waals surface area contributed by atoms with E-state index in [-0.39, 0.29) is 42.5 Å². The van der Waals surface area contributed by atoms with Crippen LogP contribution in [0.3, 0.4) is 0 Å². The molecule has 4 aliphatic rings. The Labute approximate surface area is 246 Å². The molecule has 218 valence electrons. The maximum absolute atomic E-state index is 14.3. The van der Waals surface area contributed by atoms with E-state index in [4.69, 9.17) is 4.42 Å². The van der Waals surface area contributed by atoms with Crippen LogP contribution in [0.1, 0.15) is 47.6 Å². The number of carboxylic acid groups (broad SMARTS) is 1. The van der Waals surface area contributed by atoms with Gasteiger partial charge in [0.1, 0.15) is 18.1 Å². The van der Waals surface area contributed by atoms with E-state index in [1.807, 2.05) is 6.08 Å². The van der Waals surface area contributed by atoms with Gasteiger partial charge in [0, 0.05) is 0 Å². The van der Waals surface area contributed by atoms with Crippen LogP contribution < -0.4 is 9.80 Å². The average molecular weight is 581 g/mol. The van der Waals surface area contributed by atoms with E-state index in [0.717, 1.165) is 10.5 Å². The monoisotopic (exact) mass is 580 g/mol. The number of carbonyl (C=O) groups is 5. The number of rotatable bonds is 5. The lowest BCUT2D eigenvalue weighted by Crippen LogP contribution is -2.48. The zero-order valence-corrected chi connectivity index (χ0v) is 23.2. The number of hydrogen-bond acceptors (Lipinski definition) is 7.